The third kappa shape index (κ3) is 4.00. The Hall–Kier alpha value is -1.06. The van der Waals surface area contributed by atoms with Crippen LogP contribution in [0.3, 0.4) is 0 Å². The molecule has 1 fully saturated rings. The van der Waals surface area contributed by atoms with Crippen molar-refractivity contribution < 1.29 is 9.47 Å². The minimum absolute atomic E-state index is 0.411. The van der Waals surface area contributed by atoms with Crippen LogP contribution in [0.4, 0.5) is 0 Å². The SMILES string of the molecule is COc1cccc(CN(C)CC2CCCCO2)c1. The molecule has 1 heterocycles. The van der Waals surface area contributed by atoms with Crippen molar-refractivity contribution >= 4 is 0 Å². The van der Waals surface area contributed by atoms with Gasteiger partial charge in [-0.15, -0.1) is 0 Å². The van der Waals surface area contributed by atoms with E-state index < -0.39 is 0 Å². The van der Waals surface area contributed by atoms with Crippen molar-refractivity contribution in [2.24, 2.45) is 0 Å². The summed E-state index contributed by atoms with van der Waals surface area (Å²) in [7, 11) is 3.86. The molecule has 1 saturated heterocycles. The number of methoxy groups -OCH3 is 1. The molecule has 2 rings (SSSR count). The van der Waals surface area contributed by atoms with Crippen LogP contribution in [0.2, 0.25) is 0 Å². The van der Waals surface area contributed by atoms with Crippen LogP contribution in [0.1, 0.15) is 24.8 Å². The summed E-state index contributed by atoms with van der Waals surface area (Å²) < 4.78 is 11.0. The van der Waals surface area contributed by atoms with Crippen LogP contribution in [0, 0.1) is 0 Å². The number of likely N-dealkylation sites (N-methyl/N-ethyl adjacent to an activating group) is 1. The Morgan fingerprint density at radius 1 is 1.39 bits per heavy atom. The van der Waals surface area contributed by atoms with Gasteiger partial charge < -0.3 is 9.47 Å². The zero-order valence-corrected chi connectivity index (χ0v) is 11.4. The molecule has 1 aromatic carbocycles. The number of nitrogens with zero attached hydrogens (tertiary/aromatic N) is 1. The Labute approximate surface area is 110 Å². The number of hydrogen-bond donors (Lipinski definition) is 0. The predicted molar refractivity (Wildman–Crippen MR) is 72.9 cm³/mol. The van der Waals surface area contributed by atoms with E-state index in [1.165, 1.54) is 24.8 Å². The summed E-state index contributed by atoms with van der Waals surface area (Å²) in [6.07, 6.45) is 4.13. The fraction of sp³-hybridized carbons (Fsp3) is 0.600. The molecule has 100 valence electrons. The van der Waals surface area contributed by atoms with Crippen LogP contribution in [-0.2, 0) is 11.3 Å². The Morgan fingerprint density at radius 2 is 2.28 bits per heavy atom. The Kier molecular flexibility index (Phi) is 5.02. The second-order valence-corrected chi connectivity index (χ2v) is 5.04. The van der Waals surface area contributed by atoms with Crippen LogP contribution in [0.15, 0.2) is 24.3 Å². The maximum Gasteiger partial charge on any atom is 0.119 e. The second kappa shape index (κ2) is 6.76. The van der Waals surface area contributed by atoms with Crippen LogP contribution in [0.25, 0.3) is 0 Å². The normalized spacial score (nSPS) is 20.1. The summed E-state index contributed by atoms with van der Waals surface area (Å²) in [4.78, 5) is 2.32. The van der Waals surface area contributed by atoms with E-state index in [4.69, 9.17) is 9.47 Å². The van der Waals surface area contributed by atoms with Gasteiger partial charge in [0.15, 0.2) is 0 Å². The lowest BCUT2D eigenvalue weighted by Crippen LogP contribution is -2.33. The molecule has 0 bridgehead atoms. The number of ether oxygens (including phenoxy) is 2. The molecule has 0 N–H and O–H groups in total. The topological polar surface area (TPSA) is 21.7 Å². The predicted octanol–water partition coefficient (Wildman–Crippen LogP) is 2.70. The molecule has 1 aliphatic heterocycles. The molecule has 0 amide bonds. The van der Waals surface area contributed by atoms with Gasteiger partial charge in [-0.05, 0) is 44.0 Å². The summed E-state index contributed by atoms with van der Waals surface area (Å²) in [6.45, 7) is 2.88. The average Bonchev–Trinajstić information content (AvgIpc) is 2.40. The van der Waals surface area contributed by atoms with Gasteiger partial charge in [0.2, 0.25) is 0 Å². The molecular formula is C15H23NO2. The first-order valence-corrected chi connectivity index (χ1v) is 6.71. The third-order valence-electron chi connectivity index (χ3n) is 3.38. The number of benzene rings is 1. The van der Waals surface area contributed by atoms with E-state index in [0.29, 0.717) is 6.10 Å². The minimum Gasteiger partial charge on any atom is -0.497 e. The van der Waals surface area contributed by atoms with Crippen LogP contribution in [0.5, 0.6) is 5.75 Å². The summed E-state index contributed by atoms with van der Waals surface area (Å²) in [5.41, 5.74) is 1.28. The molecule has 1 atom stereocenters. The first-order chi connectivity index (χ1) is 8.78. The zero-order chi connectivity index (χ0) is 12.8. The highest BCUT2D eigenvalue weighted by Crippen LogP contribution is 2.16. The largest absolute Gasteiger partial charge is 0.497 e. The van der Waals surface area contributed by atoms with Gasteiger partial charge in [0.25, 0.3) is 0 Å². The Balaban J connectivity index is 1.83. The molecule has 1 aromatic rings. The molecule has 0 saturated carbocycles. The van der Waals surface area contributed by atoms with Gasteiger partial charge in [0.1, 0.15) is 5.75 Å². The number of rotatable bonds is 5. The lowest BCUT2D eigenvalue weighted by atomic mass is 10.1. The van der Waals surface area contributed by atoms with E-state index >= 15 is 0 Å². The van der Waals surface area contributed by atoms with Gasteiger partial charge in [-0.1, -0.05) is 12.1 Å². The zero-order valence-electron chi connectivity index (χ0n) is 11.4. The molecule has 18 heavy (non-hydrogen) atoms. The summed E-state index contributed by atoms with van der Waals surface area (Å²) in [5, 5.41) is 0. The minimum atomic E-state index is 0.411. The third-order valence-corrected chi connectivity index (χ3v) is 3.38. The molecule has 1 aliphatic rings. The molecule has 1 unspecified atom stereocenters. The molecule has 0 aromatic heterocycles. The van der Waals surface area contributed by atoms with Gasteiger partial charge in [-0.2, -0.15) is 0 Å². The monoisotopic (exact) mass is 249 g/mol. The first kappa shape index (κ1) is 13.4. The van der Waals surface area contributed by atoms with E-state index in [2.05, 4.69) is 24.1 Å². The van der Waals surface area contributed by atoms with Gasteiger partial charge in [-0.3, -0.25) is 4.90 Å². The fourth-order valence-corrected chi connectivity index (χ4v) is 2.45. The van der Waals surface area contributed by atoms with E-state index in [0.717, 1.165) is 25.4 Å². The van der Waals surface area contributed by atoms with E-state index in [-0.39, 0.29) is 0 Å². The standard InChI is InChI=1S/C15H23NO2/c1-16(12-15-7-3-4-9-18-15)11-13-6-5-8-14(10-13)17-2/h5-6,8,10,15H,3-4,7,9,11-12H2,1-2H3. The van der Waals surface area contributed by atoms with Gasteiger partial charge in [0, 0.05) is 19.7 Å². The molecule has 3 heteroatoms. The smallest absolute Gasteiger partial charge is 0.119 e. The first-order valence-electron chi connectivity index (χ1n) is 6.71. The second-order valence-electron chi connectivity index (χ2n) is 5.04. The molecule has 3 nitrogen and oxygen atoms in total. The molecule has 0 aliphatic carbocycles. The van der Waals surface area contributed by atoms with Gasteiger partial charge >= 0.3 is 0 Å². The summed E-state index contributed by atoms with van der Waals surface area (Å²) in [5.74, 6) is 0.926. The average molecular weight is 249 g/mol. The van der Waals surface area contributed by atoms with Crippen molar-refractivity contribution in [2.45, 2.75) is 31.9 Å². The fourth-order valence-electron chi connectivity index (χ4n) is 2.45. The van der Waals surface area contributed by atoms with Gasteiger partial charge in [0.05, 0.1) is 13.2 Å². The van der Waals surface area contributed by atoms with E-state index in [1.807, 2.05) is 12.1 Å². The van der Waals surface area contributed by atoms with Gasteiger partial charge in [-0.25, -0.2) is 0 Å². The highest BCUT2D eigenvalue weighted by Gasteiger charge is 2.15. The van der Waals surface area contributed by atoms with Crippen molar-refractivity contribution in [3.63, 3.8) is 0 Å². The highest BCUT2D eigenvalue weighted by atomic mass is 16.5. The van der Waals surface area contributed by atoms with Crippen LogP contribution in [-0.4, -0.2) is 38.3 Å². The van der Waals surface area contributed by atoms with Crippen LogP contribution < -0.4 is 4.74 Å². The maximum absolute atomic E-state index is 5.76. The van der Waals surface area contributed by atoms with Crippen molar-refractivity contribution in [3.05, 3.63) is 29.8 Å². The van der Waals surface area contributed by atoms with Crippen molar-refractivity contribution in [1.82, 2.24) is 4.90 Å². The highest BCUT2D eigenvalue weighted by molar-refractivity contribution is 5.28. The molecular weight excluding hydrogens is 226 g/mol. The quantitative estimate of drug-likeness (QED) is 0.801. The lowest BCUT2D eigenvalue weighted by Gasteiger charge is -2.27. The lowest BCUT2D eigenvalue weighted by molar-refractivity contribution is -0.00259. The van der Waals surface area contributed by atoms with Crippen molar-refractivity contribution in [2.75, 3.05) is 27.3 Å². The van der Waals surface area contributed by atoms with Crippen molar-refractivity contribution in [1.29, 1.82) is 0 Å². The van der Waals surface area contributed by atoms with Crippen LogP contribution >= 0.6 is 0 Å². The summed E-state index contributed by atoms with van der Waals surface area (Å²) in [6, 6.07) is 8.26. The number of hydrogen-bond acceptors (Lipinski definition) is 3. The van der Waals surface area contributed by atoms with E-state index in [1.54, 1.807) is 7.11 Å². The Bertz CT molecular complexity index is 361. The van der Waals surface area contributed by atoms with E-state index in [9.17, 15) is 0 Å². The Morgan fingerprint density at radius 3 is 3.00 bits per heavy atom. The van der Waals surface area contributed by atoms with Crippen molar-refractivity contribution in [3.8, 4) is 5.75 Å². The molecule has 0 radical (unpaired) electrons. The molecule has 0 spiro atoms. The maximum atomic E-state index is 5.76. The summed E-state index contributed by atoms with van der Waals surface area (Å²) >= 11 is 0.